The molecule has 0 saturated heterocycles. The zero-order chi connectivity index (χ0) is 24.0. The Kier molecular flexibility index (Phi) is 7.34. The van der Waals surface area contributed by atoms with Crippen LogP contribution < -0.4 is 15.5 Å². The molecule has 0 aliphatic carbocycles. The zero-order valence-corrected chi connectivity index (χ0v) is 17.9. The summed E-state index contributed by atoms with van der Waals surface area (Å²) >= 11 is 5.59. The second kappa shape index (κ2) is 10.2. The van der Waals surface area contributed by atoms with Crippen LogP contribution in [0.5, 0.6) is 5.75 Å². The molecule has 0 atom stereocenters. The maximum atomic E-state index is 13.0. The highest BCUT2D eigenvalue weighted by Gasteiger charge is 2.33. The molecular weight excluding hydrogens is 459 g/mol. The molecule has 6 nitrogen and oxygen atoms in total. The molecule has 33 heavy (non-hydrogen) atoms. The van der Waals surface area contributed by atoms with Gasteiger partial charge in [0.05, 0.1) is 35.2 Å². The Balaban J connectivity index is 1.72. The first-order valence-electron chi connectivity index (χ1n) is 9.43. The highest BCUT2D eigenvalue weighted by Crippen LogP contribution is 2.34. The molecule has 0 bridgehead atoms. The summed E-state index contributed by atoms with van der Waals surface area (Å²) in [5.41, 5.74) is 2.02. The first kappa shape index (κ1) is 23.8. The fraction of sp³-hybridized carbons (Fsp3) is 0.0870. The number of methoxy groups -OCH3 is 1. The largest absolute Gasteiger partial charge is 0.497 e. The lowest BCUT2D eigenvalue weighted by Crippen LogP contribution is -2.21. The van der Waals surface area contributed by atoms with Gasteiger partial charge in [0.1, 0.15) is 5.75 Å². The summed E-state index contributed by atoms with van der Waals surface area (Å²) in [6.45, 7) is 0. The number of carbonyl (C=O) groups excluding carboxylic acids is 2. The quantitative estimate of drug-likeness (QED) is 0.371. The molecule has 0 spiro atoms. The van der Waals surface area contributed by atoms with Crippen molar-refractivity contribution in [2.75, 3.05) is 12.4 Å². The van der Waals surface area contributed by atoms with E-state index in [0.717, 1.165) is 18.3 Å². The van der Waals surface area contributed by atoms with E-state index in [1.165, 1.54) is 25.3 Å². The molecule has 0 heterocycles. The van der Waals surface area contributed by atoms with Gasteiger partial charge < -0.3 is 10.1 Å². The van der Waals surface area contributed by atoms with E-state index in [1.54, 1.807) is 36.4 Å². The van der Waals surface area contributed by atoms with Gasteiger partial charge in [-0.3, -0.25) is 9.59 Å². The van der Waals surface area contributed by atoms with Gasteiger partial charge in [0, 0.05) is 5.56 Å². The van der Waals surface area contributed by atoms with Gasteiger partial charge in [-0.25, -0.2) is 5.43 Å². The van der Waals surface area contributed by atoms with Gasteiger partial charge in [-0.1, -0.05) is 29.8 Å². The van der Waals surface area contributed by atoms with E-state index in [9.17, 15) is 22.8 Å². The summed E-state index contributed by atoms with van der Waals surface area (Å²) in [5.74, 6) is -0.517. The molecule has 3 rings (SSSR count). The van der Waals surface area contributed by atoms with Gasteiger partial charge in [0.15, 0.2) is 0 Å². The van der Waals surface area contributed by atoms with Gasteiger partial charge in [0.2, 0.25) is 0 Å². The van der Waals surface area contributed by atoms with Crippen molar-refractivity contribution in [2.45, 2.75) is 6.18 Å². The van der Waals surface area contributed by atoms with Crippen molar-refractivity contribution < 1.29 is 27.5 Å². The smallest absolute Gasteiger partial charge is 0.417 e. The van der Waals surface area contributed by atoms with Crippen molar-refractivity contribution in [3.8, 4) is 5.75 Å². The summed E-state index contributed by atoms with van der Waals surface area (Å²) in [4.78, 5) is 25.1. The Labute approximate surface area is 192 Å². The number of hydrazone groups is 1. The van der Waals surface area contributed by atoms with E-state index >= 15 is 0 Å². The van der Waals surface area contributed by atoms with Crippen LogP contribution in [-0.2, 0) is 6.18 Å². The maximum Gasteiger partial charge on any atom is 0.417 e. The fourth-order valence-corrected chi connectivity index (χ4v) is 3.02. The second-order valence-electron chi connectivity index (χ2n) is 6.66. The molecule has 10 heteroatoms. The third-order valence-corrected chi connectivity index (χ3v) is 4.78. The molecule has 0 radical (unpaired) electrons. The molecule has 0 aromatic heterocycles. The standard InChI is InChI=1S/C23H17ClF3N3O3/c1-33-16-9-7-15(8-10-16)21(31)29-20-5-3-2-4-17(20)22(32)30-28-13-14-6-11-19(24)18(12-14)23(25,26)27/h2-13H,1H3,(H,29,31)(H,30,32)/b28-13+. The number of nitrogens with one attached hydrogen (secondary N) is 2. The number of hydrogen-bond donors (Lipinski definition) is 2. The molecular formula is C23H17ClF3N3O3. The van der Waals surface area contributed by atoms with Gasteiger partial charge in [-0.15, -0.1) is 0 Å². The second-order valence-corrected chi connectivity index (χ2v) is 7.07. The molecule has 3 aromatic carbocycles. The molecule has 2 amide bonds. The third kappa shape index (κ3) is 6.11. The Hall–Kier alpha value is -3.85. The van der Waals surface area contributed by atoms with E-state index in [4.69, 9.17) is 16.3 Å². The van der Waals surface area contributed by atoms with Crippen LogP contribution in [0.1, 0.15) is 31.8 Å². The molecule has 0 saturated carbocycles. The van der Waals surface area contributed by atoms with Crippen LogP contribution in [0.15, 0.2) is 71.8 Å². The lowest BCUT2D eigenvalue weighted by atomic mass is 10.1. The van der Waals surface area contributed by atoms with Crippen LogP contribution in [0, 0.1) is 0 Å². The molecule has 0 unspecified atom stereocenters. The van der Waals surface area contributed by atoms with Crippen molar-refractivity contribution >= 4 is 35.3 Å². The van der Waals surface area contributed by atoms with Crippen molar-refractivity contribution in [1.82, 2.24) is 5.43 Å². The van der Waals surface area contributed by atoms with Crippen LogP contribution >= 0.6 is 11.6 Å². The summed E-state index contributed by atoms with van der Waals surface area (Å²) in [7, 11) is 1.51. The lowest BCUT2D eigenvalue weighted by Gasteiger charge is -2.10. The van der Waals surface area contributed by atoms with E-state index in [-0.39, 0.29) is 16.8 Å². The van der Waals surface area contributed by atoms with E-state index in [1.807, 2.05) is 0 Å². The highest BCUT2D eigenvalue weighted by atomic mass is 35.5. The number of anilines is 1. The number of benzene rings is 3. The summed E-state index contributed by atoms with van der Waals surface area (Å²) < 4.78 is 44.0. The van der Waals surface area contributed by atoms with Crippen LogP contribution in [0.3, 0.4) is 0 Å². The van der Waals surface area contributed by atoms with E-state index in [2.05, 4.69) is 15.8 Å². The number of halogens is 4. The van der Waals surface area contributed by atoms with Crippen molar-refractivity contribution in [3.63, 3.8) is 0 Å². The number of alkyl halides is 3. The number of rotatable bonds is 6. The van der Waals surface area contributed by atoms with Gasteiger partial charge in [-0.2, -0.15) is 18.3 Å². The number of amides is 2. The van der Waals surface area contributed by atoms with E-state index < -0.39 is 28.6 Å². The molecule has 0 aliphatic rings. The minimum absolute atomic E-state index is 0.0909. The van der Waals surface area contributed by atoms with Crippen molar-refractivity contribution in [3.05, 3.63) is 94.0 Å². The average molecular weight is 476 g/mol. The summed E-state index contributed by atoms with van der Waals surface area (Å²) in [6, 6.07) is 15.9. The normalized spacial score (nSPS) is 11.3. The Bertz CT molecular complexity index is 1200. The Morgan fingerprint density at radius 1 is 1.00 bits per heavy atom. The number of hydrogen-bond acceptors (Lipinski definition) is 4. The zero-order valence-electron chi connectivity index (χ0n) is 17.1. The molecule has 170 valence electrons. The minimum Gasteiger partial charge on any atom is -0.497 e. The molecule has 0 fully saturated rings. The van der Waals surface area contributed by atoms with E-state index in [0.29, 0.717) is 11.3 Å². The summed E-state index contributed by atoms with van der Waals surface area (Å²) in [5, 5.41) is 5.92. The maximum absolute atomic E-state index is 13.0. The van der Waals surface area contributed by atoms with Crippen LogP contribution in [-0.4, -0.2) is 25.1 Å². The first-order valence-corrected chi connectivity index (χ1v) is 9.81. The van der Waals surface area contributed by atoms with Gasteiger partial charge in [-0.05, 0) is 54.1 Å². The SMILES string of the molecule is COc1ccc(C(=O)Nc2ccccc2C(=O)N/N=C/c2ccc(Cl)c(C(F)(F)F)c2)cc1. The highest BCUT2D eigenvalue weighted by molar-refractivity contribution is 6.31. The third-order valence-electron chi connectivity index (χ3n) is 4.45. The number of carbonyl (C=O) groups is 2. The van der Waals surface area contributed by atoms with Crippen molar-refractivity contribution in [1.29, 1.82) is 0 Å². The predicted molar refractivity (Wildman–Crippen MR) is 119 cm³/mol. The first-order chi connectivity index (χ1) is 15.7. The monoisotopic (exact) mass is 475 g/mol. The predicted octanol–water partition coefficient (Wildman–Crippen LogP) is 5.38. The van der Waals surface area contributed by atoms with Crippen LogP contribution in [0.25, 0.3) is 0 Å². The Morgan fingerprint density at radius 2 is 1.70 bits per heavy atom. The van der Waals surface area contributed by atoms with Gasteiger partial charge in [0.25, 0.3) is 11.8 Å². The minimum atomic E-state index is -4.62. The summed E-state index contributed by atoms with van der Waals surface area (Å²) in [6.07, 6.45) is -3.56. The fourth-order valence-electron chi connectivity index (χ4n) is 2.79. The topological polar surface area (TPSA) is 79.8 Å². The van der Waals surface area contributed by atoms with Crippen LogP contribution in [0.2, 0.25) is 5.02 Å². The number of para-hydroxylation sites is 1. The number of nitrogens with zero attached hydrogens (tertiary/aromatic N) is 1. The van der Waals surface area contributed by atoms with Gasteiger partial charge >= 0.3 is 6.18 Å². The lowest BCUT2D eigenvalue weighted by molar-refractivity contribution is -0.137. The van der Waals surface area contributed by atoms with Crippen molar-refractivity contribution in [2.24, 2.45) is 5.10 Å². The Morgan fingerprint density at radius 3 is 2.36 bits per heavy atom. The molecule has 3 aromatic rings. The van der Waals surface area contributed by atoms with Crippen LogP contribution in [0.4, 0.5) is 18.9 Å². The molecule has 2 N–H and O–H groups in total. The molecule has 0 aliphatic heterocycles. The average Bonchev–Trinajstić information content (AvgIpc) is 2.79. The number of ether oxygens (including phenoxy) is 1.